The van der Waals surface area contributed by atoms with Crippen molar-refractivity contribution >= 4 is 23.6 Å². The number of nitrogens with one attached hydrogen (secondary N) is 1. The summed E-state index contributed by atoms with van der Waals surface area (Å²) in [6, 6.07) is 18.9. The highest BCUT2D eigenvalue weighted by Crippen LogP contribution is 2.33. The molecule has 2 aliphatic rings. The Morgan fingerprint density at radius 1 is 1.05 bits per heavy atom. The number of nitrogens with zero attached hydrogens (tertiary/aromatic N) is 3. The van der Waals surface area contributed by atoms with Crippen molar-refractivity contribution < 1.29 is 23.9 Å². The number of aromatic nitrogens is 1. The van der Waals surface area contributed by atoms with Crippen molar-refractivity contribution in [1.29, 1.82) is 0 Å². The van der Waals surface area contributed by atoms with Gasteiger partial charge < -0.3 is 14.8 Å². The first-order valence-electron chi connectivity index (χ1n) is 14.9. The minimum absolute atomic E-state index is 0.0941. The van der Waals surface area contributed by atoms with Gasteiger partial charge >= 0.3 is 6.09 Å². The molecule has 0 saturated carbocycles. The molecule has 2 fully saturated rings. The number of likely N-dealkylation sites (tertiary alicyclic amines) is 1. The van der Waals surface area contributed by atoms with Crippen molar-refractivity contribution in [2.45, 2.75) is 57.7 Å². The SMILES string of the molecule is CC(C)(C)c1ccc(N(C(=O)[C@H]2CCCN2C(=O)OCc2ccccc2)C(C(=O)NCC2COC2)c2cccnc2)cc1. The Morgan fingerprint density at radius 3 is 2.42 bits per heavy atom. The lowest BCUT2D eigenvalue weighted by Crippen LogP contribution is -2.53. The summed E-state index contributed by atoms with van der Waals surface area (Å²) in [6.07, 6.45) is 3.82. The van der Waals surface area contributed by atoms with Gasteiger partial charge in [0.2, 0.25) is 5.91 Å². The summed E-state index contributed by atoms with van der Waals surface area (Å²) < 4.78 is 10.9. The molecular formula is C34H40N4O5. The van der Waals surface area contributed by atoms with E-state index in [9.17, 15) is 14.4 Å². The molecule has 1 aromatic heterocycles. The summed E-state index contributed by atoms with van der Waals surface area (Å²) in [5.41, 5.74) is 3.02. The van der Waals surface area contributed by atoms with Crippen LogP contribution < -0.4 is 10.2 Å². The molecule has 2 atom stereocenters. The van der Waals surface area contributed by atoms with Crippen molar-refractivity contribution in [2.75, 3.05) is 31.2 Å². The fourth-order valence-electron chi connectivity index (χ4n) is 5.43. The number of anilines is 1. The minimum atomic E-state index is -0.995. The van der Waals surface area contributed by atoms with Crippen LogP contribution in [0.5, 0.6) is 0 Å². The van der Waals surface area contributed by atoms with E-state index in [4.69, 9.17) is 9.47 Å². The molecule has 2 aromatic carbocycles. The first-order valence-corrected chi connectivity index (χ1v) is 14.9. The zero-order valence-corrected chi connectivity index (χ0v) is 25.1. The monoisotopic (exact) mass is 584 g/mol. The molecule has 9 heteroatoms. The van der Waals surface area contributed by atoms with E-state index in [0.717, 1.165) is 11.1 Å². The molecule has 0 spiro atoms. The van der Waals surface area contributed by atoms with Gasteiger partial charge in [0.1, 0.15) is 18.7 Å². The van der Waals surface area contributed by atoms with Gasteiger partial charge in [-0.3, -0.25) is 24.4 Å². The number of hydrogen-bond acceptors (Lipinski definition) is 6. The summed E-state index contributed by atoms with van der Waals surface area (Å²) in [5, 5.41) is 3.04. The van der Waals surface area contributed by atoms with E-state index in [1.807, 2.05) is 54.6 Å². The predicted molar refractivity (Wildman–Crippen MR) is 163 cm³/mol. The van der Waals surface area contributed by atoms with E-state index in [2.05, 4.69) is 31.1 Å². The first-order chi connectivity index (χ1) is 20.7. The van der Waals surface area contributed by atoms with E-state index in [1.54, 1.807) is 24.5 Å². The number of rotatable bonds is 9. The van der Waals surface area contributed by atoms with Crippen molar-refractivity contribution in [3.8, 4) is 0 Å². The third-order valence-electron chi connectivity index (χ3n) is 8.01. The molecule has 1 N–H and O–H groups in total. The number of carbonyl (C=O) groups is 3. The van der Waals surface area contributed by atoms with Crippen LogP contribution in [0.4, 0.5) is 10.5 Å². The van der Waals surface area contributed by atoms with Crippen LogP contribution in [0, 0.1) is 5.92 Å². The molecule has 2 aliphatic heterocycles. The minimum Gasteiger partial charge on any atom is -0.445 e. The van der Waals surface area contributed by atoms with Gasteiger partial charge in [0, 0.05) is 42.7 Å². The van der Waals surface area contributed by atoms with Crippen LogP contribution in [0.2, 0.25) is 0 Å². The number of benzene rings is 2. The molecule has 3 aromatic rings. The number of pyridine rings is 1. The fourth-order valence-corrected chi connectivity index (χ4v) is 5.43. The molecule has 9 nitrogen and oxygen atoms in total. The van der Waals surface area contributed by atoms with Crippen molar-refractivity contribution in [1.82, 2.24) is 15.2 Å². The first kappa shape index (κ1) is 30.2. The van der Waals surface area contributed by atoms with Gasteiger partial charge in [-0.15, -0.1) is 0 Å². The Morgan fingerprint density at radius 2 is 1.79 bits per heavy atom. The average molecular weight is 585 g/mol. The topological polar surface area (TPSA) is 101 Å². The highest BCUT2D eigenvalue weighted by molar-refractivity contribution is 6.04. The van der Waals surface area contributed by atoms with E-state index >= 15 is 0 Å². The van der Waals surface area contributed by atoms with Crippen molar-refractivity contribution in [3.05, 3.63) is 95.8 Å². The molecule has 0 bridgehead atoms. The standard InChI is InChI=1S/C34H40N4O5/c1-34(2,3)27-13-15-28(16-14-27)38(30(26-11-7-17-35-20-26)31(39)36-19-25-21-42-22-25)32(40)29-12-8-18-37(29)33(41)43-23-24-9-5-4-6-10-24/h4-7,9-11,13-17,20,25,29-30H,8,12,18-19,21-23H2,1-3H3,(H,36,39)/t29-,30?/m1/s1. The molecule has 1 unspecified atom stereocenters. The lowest BCUT2D eigenvalue weighted by molar-refractivity contribution is -0.129. The Hall–Kier alpha value is -4.24. The lowest BCUT2D eigenvalue weighted by Gasteiger charge is -2.36. The summed E-state index contributed by atoms with van der Waals surface area (Å²) in [7, 11) is 0. The van der Waals surface area contributed by atoms with Gasteiger partial charge in [-0.05, 0) is 47.6 Å². The number of carbonyl (C=O) groups excluding carboxylic acids is 3. The fraction of sp³-hybridized carbons (Fsp3) is 0.412. The third-order valence-corrected chi connectivity index (χ3v) is 8.01. The van der Waals surface area contributed by atoms with Crippen molar-refractivity contribution in [2.24, 2.45) is 5.92 Å². The molecule has 0 aliphatic carbocycles. The molecule has 3 amide bonds. The van der Waals surface area contributed by atoms with Crippen LogP contribution in [0.1, 0.15) is 56.3 Å². The average Bonchev–Trinajstić information content (AvgIpc) is 3.48. The zero-order chi connectivity index (χ0) is 30.4. The molecule has 0 radical (unpaired) electrons. The Kier molecular flexibility index (Phi) is 9.40. The second kappa shape index (κ2) is 13.4. The Labute approximate surface area is 253 Å². The van der Waals surface area contributed by atoms with Crippen LogP contribution in [-0.2, 0) is 31.1 Å². The largest absolute Gasteiger partial charge is 0.445 e. The van der Waals surface area contributed by atoms with Crippen molar-refractivity contribution in [3.63, 3.8) is 0 Å². The zero-order valence-electron chi connectivity index (χ0n) is 25.1. The van der Waals surface area contributed by atoms with Crippen LogP contribution in [0.3, 0.4) is 0 Å². The van der Waals surface area contributed by atoms with Crippen LogP contribution in [0.15, 0.2) is 79.1 Å². The van der Waals surface area contributed by atoms with E-state index in [1.165, 1.54) is 9.80 Å². The van der Waals surface area contributed by atoms with Crippen LogP contribution >= 0.6 is 0 Å². The number of hydrogen-bond donors (Lipinski definition) is 1. The van der Waals surface area contributed by atoms with Gasteiger partial charge in [-0.1, -0.05) is 69.3 Å². The lowest BCUT2D eigenvalue weighted by atomic mass is 9.87. The highest BCUT2D eigenvalue weighted by atomic mass is 16.6. The normalized spacial score (nSPS) is 17.6. The summed E-state index contributed by atoms with van der Waals surface area (Å²) in [4.78, 5) is 49.1. The maximum absolute atomic E-state index is 14.6. The molecule has 5 rings (SSSR count). The molecule has 226 valence electrons. The highest BCUT2D eigenvalue weighted by Gasteiger charge is 2.42. The van der Waals surface area contributed by atoms with Crippen LogP contribution in [-0.4, -0.2) is 60.1 Å². The Bertz CT molecular complexity index is 1390. The summed E-state index contributed by atoms with van der Waals surface area (Å²) >= 11 is 0. The second-order valence-corrected chi connectivity index (χ2v) is 12.2. The molecular weight excluding hydrogens is 544 g/mol. The van der Waals surface area contributed by atoms with Gasteiger partial charge in [-0.25, -0.2) is 4.79 Å². The maximum atomic E-state index is 14.6. The number of amides is 3. The van der Waals surface area contributed by atoms with Gasteiger partial charge in [0.05, 0.1) is 13.2 Å². The number of ether oxygens (including phenoxy) is 2. The van der Waals surface area contributed by atoms with E-state index in [0.29, 0.717) is 50.4 Å². The second-order valence-electron chi connectivity index (χ2n) is 12.2. The molecule has 43 heavy (non-hydrogen) atoms. The molecule has 2 saturated heterocycles. The quantitative estimate of drug-likeness (QED) is 0.379. The van der Waals surface area contributed by atoms with E-state index < -0.39 is 18.2 Å². The maximum Gasteiger partial charge on any atom is 0.410 e. The van der Waals surface area contributed by atoms with E-state index in [-0.39, 0.29) is 29.8 Å². The van der Waals surface area contributed by atoms with Gasteiger partial charge in [0.25, 0.3) is 5.91 Å². The summed E-state index contributed by atoms with van der Waals surface area (Å²) in [6.45, 7) is 8.51. The van der Waals surface area contributed by atoms with Gasteiger partial charge in [0.15, 0.2) is 0 Å². The predicted octanol–water partition coefficient (Wildman–Crippen LogP) is 5.02. The third kappa shape index (κ3) is 7.22. The summed E-state index contributed by atoms with van der Waals surface area (Å²) in [5.74, 6) is -0.420. The Balaban J connectivity index is 1.47. The smallest absolute Gasteiger partial charge is 0.410 e. The van der Waals surface area contributed by atoms with Gasteiger partial charge in [-0.2, -0.15) is 0 Å². The van der Waals surface area contributed by atoms with Crippen LogP contribution in [0.25, 0.3) is 0 Å². The molecule has 3 heterocycles.